The minimum atomic E-state index is -0.231. The highest BCUT2D eigenvalue weighted by molar-refractivity contribution is 5.69. The second-order valence-electron chi connectivity index (χ2n) is 5.70. The summed E-state index contributed by atoms with van der Waals surface area (Å²) in [4.78, 5) is 14.1. The third-order valence-corrected chi connectivity index (χ3v) is 3.95. The van der Waals surface area contributed by atoms with Gasteiger partial charge in [-0.2, -0.15) is 5.10 Å². The van der Waals surface area contributed by atoms with Crippen LogP contribution in [-0.4, -0.2) is 52.9 Å². The van der Waals surface area contributed by atoms with Gasteiger partial charge in [-0.25, -0.2) is 0 Å². The summed E-state index contributed by atoms with van der Waals surface area (Å²) in [5.41, 5.74) is 3.29. The van der Waals surface area contributed by atoms with Gasteiger partial charge in [-0.05, 0) is 27.7 Å². The SMILES string of the molecule is CCOC(=O)Cn1nc(C)c(CN2CCN[C@@H](C)C2)c1C. The molecule has 0 aliphatic carbocycles. The monoisotopic (exact) mass is 294 g/mol. The van der Waals surface area contributed by atoms with E-state index in [-0.39, 0.29) is 12.5 Å². The molecule has 0 radical (unpaired) electrons. The first-order chi connectivity index (χ1) is 10.0. The number of aromatic nitrogens is 2. The summed E-state index contributed by atoms with van der Waals surface area (Å²) in [6.45, 7) is 12.7. The predicted molar refractivity (Wildman–Crippen MR) is 81.1 cm³/mol. The largest absolute Gasteiger partial charge is 0.465 e. The van der Waals surface area contributed by atoms with E-state index < -0.39 is 0 Å². The zero-order valence-corrected chi connectivity index (χ0v) is 13.5. The van der Waals surface area contributed by atoms with E-state index in [0.29, 0.717) is 12.6 Å². The number of nitrogens with one attached hydrogen (secondary N) is 1. The molecule has 0 unspecified atom stereocenters. The van der Waals surface area contributed by atoms with Crippen LogP contribution in [0.1, 0.15) is 30.8 Å². The fourth-order valence-corrected chi connectivity index (χ4v) is 2.83. The number of esters is 1. The van der Waals surface area contributed by atoms with Crippen molar-refractivity contribution in [2.24, 2.45) is 0 Å². The van der Waals surface area contributed by atoms with Gasteiger partial charge in [0, 0.05) is 43.5 Å². The Kier molecular flexibility index (Phi) is 5.36. The number of hydrogen-bond acceptors (Lipinski definition) is 5. The first kappa shape index (κ1) is 16.0. The summed E-state index contributed by atoms with van der Waals surface area (Å²) >= 11 is 0. The van der Waals surface area contributed by atoms with Crippen molar-refractivity contribution in [3.8, 4) is 0 Å². The van der Waals surface area contributed by atoms with Crippen LogP contribution in [0.4, 0.5) is 0 Å². The Balaban J connectivity index is 2.06. The van der Waals surface area contributed by atoms with Gasteiger partial charge in [-0.3, -0.25) is 14.4 Å². The van der Waals surface area contributed by atoms with Gasteiger partial charge in [0.1, 0.15) is 6.54 Å². The lowest BCUT2D eigenvalue weighted by atomic mass is 10.1. The van der Waals surface area contributed by atoms with Crippen LogP contribution in [0.2, 0.25) is 0 Å². The minimum absolute atomic E-state index is 0.193. The maximum absolute atomic E-state index is 11.6. The molecule has 1 aliphatic rings. The van der Waals surface area contributed by atoms with Gasteiger partial charge in [-0.1, -0.05) is 0 Å². The average Bonchev–Trinajstić information content (AvgIpc) is 2.67. The van der Waals surface area contributed by atoms with Crippen LogP contribution in [0.25, 0.3) is 0 Å². The number of carbonyl (C=O) groups is 1. The fraction of sp³-hybridized carbons (Fsp3) is 0.733. The summed E-state index contributed by atoms with van der Waals surface area (Å²) in [6.07, 6.45) is 0. The van der Waals surface area contributed by atoms with Crippen molar-refractivity contribution in [3.63, 3.8) is 0 Å². The van der Waals surface area contributed by atoms with E-state index in [1.807, 2.05) is 20.8 Å². The maximum atomic E-state index is 11.6. The van der Waals surface area contributed by atoms with Crippen LogP contribution in [0.15, 0.2) is 0 Å². The Morgan fingerprint density at radius 3 is 2.90 bits per heavy atom. The third kappa shape index (κ3) is 4.04. The molecule has 1 aromatic rings. The van der Waals surface area contributed by atoms with Crippen LogP contribution in [0.3, 0.4) is 0 Å². The Morgan fingerprint density at radius 2 is 2.24 bits per heavy atom. The van der Waals surface area contributed by atoms with E-state index in [1.54, 1.807) is 4.68 Å². The van der Waals surface area contributed by atoms with Gasteiger partial charge >= 0.3 is 5.97 Å². The third-order valence-electron chi connectivity index (χ3n) is 3.95. The number of hydrogen-bond donors (Lipinski definition) is 1. The summed E-state index contributed by atoms with van der Waals surface area (Å²) < 4.78 is 6.75. The molecule has 0 bridgehead atoms. The minimum Gasteiger partial charge on any atom is -0.465 e. The number of rotatable bonds is 5. The highest BCUT2D eigenvalue weighted by atomic mass is 16.5. The van der Waals surface area contributed by atoms with E-state index in [2.05, 4.69) is 22.2 Å². The van der Waals surface area contributed by atoms with Crippen LogP contribution in [-0.2, 0) is 22.6 Å². The van der Waals surface area contributed by atoms with Crippen LogP contribution >= 0.6 is 0 Å². The normalized spacial score (nSPS) is 19.7. The molecule has 1 atom stereocenters. The van der Waals surface area contributed by atoms with Crippen LogP contribution < -0.4 is 5.32 Å². The Morgan fingerprint density at radius 1 is 1.48 bits per heavy atom. The van der Waals surface area contributed by atoms with E-state index in [9.17, 15) is 4.79 Å². The number of carbonyl (C=O) groups excluding carboxylic acids is 1. The molecule has 0 aromatic carbocycles. The smallest absolute Gasteiger partial charge is 0.327 e. The lowest BCUT2D eigenvalue weighted by Crippen LogP contribution is -2.48. The molecule has 21 heavy (non-hydrogen) atoms. The molecule has 0 saturated carbocycles. The van der Waals surface area contributed by atoms with Crippen molar-refractivity contribution in [1.82, 2.24) is 20.0 Å². The molecule has 0 amide bonds. The second-order valence-corrected chi connectivity index (χ2v) is 5.70. The number of ether oxygens (including phenoxy) is 1. The summed E-state index contributed by atoms with van der Waals surface area (Å²) in [5.74, 6) is -0.231. The van der Waals surface area contributed by atoms with Crippen molar-refractivity contribution in [2.45, 2.75) is 46.8 Å². The van der Waals surface area contributed by atoms with E-state index >= 15 is 0 Å². The van der Waals surface area contributed by atoms with E-state index in [0.717, 1.165) is 37.6 Å². The van der Waals surface area contributed by atoms with Crippen molar-refractivity contribution >= 4 is 5.97 Å². The molecule has 1 aliphatic heterocycles. The van der Waals surface area contributed by atoms with Crippen LogP contribution in [0.5, 0.6) is 0 Å². The van der Waals surface area contributed by atoms with Crippen LogP contribution in [0, 0.1) is 13.8 Å². The molecular formula is C15H26N4O2. The molecule has 118 valence electrons. The molecule has 6 nitrogen and oxygen atoms in total. The van der Waals surface area contributed by atoms with E-state index in [1.165, 1.54) is 5.56 Å². The lowest BCUT2D eigenvalue weighted by Gasteiger charge is -2.31. The van der Waals surface area contributed by atoms with Crippen molar-refractivity contribution in [3.05, 3.63) is 17.0 Å². The maximum Gasteiger partial charge on any atom is 0.327 e. The summed E-state index contributed by atoms with van der Waals surface area (Å²) in [6, 6.07) is 0.522. The Bertz CT molecular complexity index is 498. The topological polar surface area (TPSA) is 59.4 Å². The first-order valence-corrected chi connectivity index (χ1v) is 7.65. The Labute approximate surface area is 126 Å². The molecule has 2 heterocycles. The molecule has 1 aromatic heterocycles. The molecule has 2 rings (SSSR count). The molecule has 6 heteroatoms. The Hall–Kier alpha value is -1.40. The van der Waals surface area contributed by atoms with Gasteiger partial charge in [-0.15, -0.1) is 0 Å². The van der Waals surface area contributed by atoms with Crippen molar-refractivity contribution in [1.29, 1.82) is 0 Å². The predicted octanol–water partition coefficient (Wildman–Crippen LogP) is 0.857. The molecule has 1 fully saturated rings. The zero-order valence-electron chi connectivity index (χ0n) is 13.5. The number of nitrogens with zero attached hydrogens (tertiary/aromatic N) is 3. The van der Waals surface area contributed by atoms with Gasteiger partial charge in [0.2, 0.25) is 0 Å². The van der Waals surface area contributed by atoms with Crippen molar-refractivity contribution < 1.29 is 9.53 Å². The summed E-state index contributed by atoms with van der Waals surface area (Å²) in [7, 11) is 0. The second kappa shape index (κ2) is 7.04. The lowest BCUT2D eigenvalue weighted by molar-refractivity contribution is -0.144. The van der Waals surface area contributed by atoms with Gasteiger partial charge in [0.05, 0.1) is 12.3 Å². The molecule has 1 saturated heterocycles. The number of aryl methyl sites for hydroxylation is 1. The van der Waals surface area contributed by atoms with Crippen molar-refractivity contribution in [2.75, 3.05) is 26.2 Å². The van der Waals surface area contributed by atoms with Gasteiger partial charge in [0.25, 0.3) is 0 Å². The van der Waals surface area contributed by atoms with Gasteiger partial charge < -0.3 is 10.1 Å². The molecular weight excluding hydrogens is 268 g/mol. The standard InChI is InChI=1S/C15H26N4O2/c1-5-21-15(20)10-19-13(4)14(12(3)17-19)9-18-7-6-16-11(2)8-18/h11,16H,5-10H2,1-4H3/t11-/m0/s1. The first-order valence-electron chi connectivity index (χ1n) is 7.65. The molecule has 0 spiro atoms. The highest BCUT2D eigenvalue weighted by Gasteiger charge is 2.20. The summed E-state index contributed by atoms with van der Waals surface area (Å²) in [5, 5.41) is 7.94. The highest BCUT2D eigenvalue weighted by Crippen LogP contribution is 2.16. The molecule has 1 N–H and O–H groups in total. The zero-order chi connectivity index (χ0) is 15.4. The number of piperazine rings is 1. The van der Waals surface area contributed by atoms with Gasteiger partial charge in [0.15, 0.2) is 0 Å². The fourth-order valence-electron chi connectivity index (χ4n) is 2.83. The average molecular weight is 294 g/mol. The van der Waals surface area contributed by atoms with E-state index in [4.69, 9.17) is 4.74 Å². The quantitative estimate of drug-likeness (QED) is 0.816.